The van der Waals surface area contributed by atoms with Gasteiger partial charge in [-0.15, -0.1) is 0 Å². The lowest BCUT2D eigenvalue weighted by atomic mass is 9.76. The lowest BCUT2D eigenvalue weighted by molar-refractivity contribution is -0.185. The van der Waals surface area contributed by atoms with Crippen molar-refractivity contribution in [2.24, 2.45) is 11.7 Å². The Morgan fingerprint density at radius 1 is 1.33 bits per heavy atom. The molecule has 0 atom stereocenters. The van der Waals surface area contributed by atoms with Crippen molar-refractivity contribution in [3.63, 3.8) is 0 Å². The summed E-state index contributed by atoms with van der Waals surface area (Å²) < 4.78 is 37.3. The number of nitrogens with two attached hydrogens (primary N) is 1. The monoisotopic (exact) mass is 224 g/mol. The molecule has 3 N–H and O–H groups in total. The topological polar surface area (TPSA) is 38.0 Å². The number of likely N-dealkylation sites (N-methyl/N-ethyl adjacent to an activating group) is 1. The van der Waals surface area contributed by atoms with E-state index in [1.54, 1.807) is 0 Å². The zero-order valence-corrected chi connectivity index (χ0v) is 9.03. The molecule has 1 fully saturated rings. The standard InChI is InChI=1S/C10H19F3N2/c1-2-15-9(7-14)5-3-8(4-6-9)10(11,12)13/h8,15H,2-7,14H2,1H3. The Hall–Kier alpha value is -0.290. The molecule has 90 valence electrons. The summed E-state index contributed by atoms with van der Waals surface area (Å²) >= 11 is 0. The van der Waals surface area contributed by atoms with E-state index in [2.05, 4.69) is 5.32 Å². The van der Waals surface area contributed by atoms with Gasteiger partial charge < -0.3 is 11.1 Å². The van der Waals surface area contributed by atoms with Gasteiger partial charge in [0.25, 0.3) is 0 Å². The van der Waals surface area contributed by atoms with Crippen molar-refractivity contribution in [1.29, 1.82) is 0 Å². The Balaban J connectivity index is 2.53. The van der Waals surface area contributed by atoms with Crippen LogP contribution in [0.3, 0.4) is 0 Å². The number of halogens is 3. The van der Waals surface area contributed by atoms with Crippen molar-refractivity contribution < 1.29 is 13.2 Å². The van der Waals surface area contributed by atoms with Crippen LogP contribution in [0, 0.1) is 5.92 Å². The molecule has 0 unspecified atom stereocenters. The quantitative estimate of drug-likeness (QED) is 0.770. The third-order valence-electron chi connectivity index (χ3n) is 3.35. The second-order valence-electron chi connectivity index (χ2n) is 4.33. The van der Waals surface area contributed by atoms with Crippen LogP contribution in [0.2, 0.25) is 0 Å². The normalized spacial score (nSPS) is 33.0. The van der Waals surface area contributed by atoms with Crippen molar-refractivity contribution in [2.45, 2.75) is 44.3 Å². The van der Waals surface area contributed by atoms with E-state index in [0.29, 0.717) is 19.4 Å². The van der Waals surface area contributed by atoms with Crippen LogP contribution < -0.4 is 11.1 Å². The molecule has 0 aromatic rings. The predicted molar refractivity (Wildman–Crippen MR) is 53.5 cm³/mol. The fraction of sp³-hybridized carbons (Fsp3) is 1.00. The highest BCUT2D eigenvalue weighted by Gasteiger charge is 2.44. The number of hydrogen-bond acceptors (Lipinski definition) is 2. The van der Waals surface area contributed by atoms with E-state index in [4.69, 9.17) is 5.73 Å². The maximum absolute atomic E-state index is 12.4. The molecule has 0 aromatic carbocycles. The molecular formula is C10H19F3N2. The van der Waals surface area contributed by atoms with Gasteiger partial charge in [-0.1, -0.05) is 6.92 Å². The van der Waals surface area contributed by atoms with Crippen molar-refractivity contribution in [2.75, 3.05) is 13.1 Å². The highest BCUT2D eigenvalue weighted by molar-refractivity contribution is 4.94. The van der Waals surface area contributed by atoms with Crippen LogP contribution in [0.25, 0.3) is 0 Å². The van der Waals surface area contributed by atoms with Crippen molar-refractivity contribution in [3.8, 4) is 0 Å². The smallest absolute Gasteiger partial charge is 0.329 e. The van der Waals surface area contributed by atoms with Gasteiger partial charge in [0, 0.05) is 12.1 Å². The molecule has 1 rings (SSSR count). The lowest BCUT2D eigenvalue weighted by Gasteiger charge is -2.40. The minimum atomic E-state index is -4.03. The van der Waals surface area contributed by atoms with E-state index in [1.165, 1.54) is 0 Å². The number of alkyl halides is 3. The summed E-state index contributed by atoms with van der Waals surface area (Å²) in [5.41, 5.74) is 5.38. The first-order chi connectivity index (χ1) is 6.93. The molecule has 1 saturated carbocycles. The summed E-state index contributed by atoms with van der Waals surface area (Å²) in [5, 5.41) is 3.23. The number of rotatable bonds is 3. The third-order valence-corrected chi connectivity index (χ3v) is 3.35. The average molecular weight is 224 g/mol. The van der Waals surface area contributed by atoms with Crippen LogP contribution in [0.5, 0.6) is 0 Å². The van der Waals surface area contributed by atoms with Gasteiger partial charge in [0.1, 0.15) is 0 Å². The summed E-state index contributed by atoms with van der Waals surface area (Å²) in [4.78, 5) is 0. The van der Waals surface area contributed by atoms with Crippen LogP contribution in [0.15, 0.2) is 0 Å². The Labute approximate surface area is 88.4 Å². The molecule has 1 aliphatic rings. The molecule has 0 heterocycles. The zero-order chi connectivity index (χ0) is 11.5. The molecular weight excluding hydrogens is 205 g/mol. The molecule has 0 bridgehead atoms. The Bertz CT molecular complexity index is 195. The van der Waals surface area contributed by atoms with Gasteiger partial charge in [0.15, 0.2) is 0 Å². The second-order valence-corrected chi connectivity index (χ2v) is 4.33. The van der Waals surface area contributed by atoms with Gasteiger partial charge in [-0.05, 0) is 32.2 Å². The third kappa shape index (κ3) is 3.08. The highest BCUT2D eigenvalue weighted by Crippen LogP contribution is 2.40. The molecule has 0 aliphatic heterocycles. The Morgan fingerprint density at radius 2 is 1.87 bits per heavy atom. The van der Waals surface area contributed by atoms with E-state index in [1.807, 2.05) is 6.92 Å². The SMILES string of the molecule is CCNC1(CN)CCC(C(F)(F)F)CC1. The Kier molecular flexibility index (Phi) is 4.00. The zero-order valence-electron chi connectivity index (χ0n) is 9.03. The fourth-order valence-corrected chi connectivity index (χ4v) is 2.33. The van der Waals surface area contributed by atoms with Gasteiger partial charge in [-0.3, -0.25) is 0 Å². The largest absolute Gasteiger partial charge is 0.391 e. The van der Waals surface area contributed by atoms with Gasteiger partial charge in [0.2, 0.25) is 0 Å². The summed E-state index contributed by atoms with van der Waals surface area (Å²) in [6, 6.07) is 0. The van der Waals surface area contributed by atoms with Gasteiger partial charge >= 0.3 is 6.18 Å². The summed E-state index contributed by atoms with van der Waals surface area (Å²) in [5.74, 6) is -1.13. The van der Waals surface area contributed by atoms with E-state index in [0.717, 1.165) is 6.54 Å². The molecule has 0 spiro atoms. The first kappa shape index (κ1) is 12.8. The maximum Gasteiger partial charge on any atom is 0.391 e. The molecule has 0 aromatic heterocycles. The van der Waals surface area contributed by atoms with Crippen LogP contribution >= 0.6 is 0 Å². The minimum absolute atomic E-state index is 0.202. The van der Waals surface area contributed by atoms with E-state index < -0.39 is 12.1 Å². The maximum atomic E-state index is 12.4. The molecule has 15 heavy (non-hydrogen) atoms. The van der Waals surface area contributed by atoms with Crippen molar-refractivity contribution >= 4 is 0 Å². The molecule has 0 radical (unpaired) electrons. The number of nitrogens with one attached hydrogen (secondary N) is 1. The summed E-state index contributed by atoms with van der Waals surface area (Å²) in [6.45, 7) is 3.13. The van der Waals surface area contributed by atoms with Crippen LogP contribution in [-0.2, 0) is 0 Å². The highest BCUT2D eigenvalue weighted by atomic mass is 19.4. The molecule has 0 amide bonds. The predicted octanol–water partition coefficient (Wildman–Crippen LogP) is 2.05. The first-order valence-corrected chi connectivity index (χ1v) is 5.45. The molecule has 2 nitrogen and oxygen atoms in total. The molecule has 5 heteroatoms. The summed E-state index contributed by atoms with van der Waals surface area (Å²) in [6.07, 6.45) is -2.57. The van der Waals surface area contributed by atoms with Gasteiger partial charge in [-0.25, -0.2) is 0 Å². The van der Waals surface area contributed by atoms with Crippen molar-refractivity contribution in [1.82, 2.24) is 5.32 Å². The fourth-order valence-electron chi connectivity index (χ4n) is 2.33. The van der Waals surface area contributed by atoms with Crippen LogP contribution in [0.4, 0.5) is 13.2 Å². The summed E-state index contributed by atoms with van der Waals surface area (Å²) in [7, 11) is 0. The molecule has 0 saturated heterocycles. The van der Waals surface area contributed by atoms with Crippen molar-refractivity contribution in [3.05, 3.63) is 0 Å². The average Bonchev–Trinajstić information content (AvgIpc) is 2.17. The van der Waals surface area contributed by atoms with Crippen LogP contribution in [-0.4, -0.2) is 24.8 Å². The van der Waals surface area contributed by atoms with E-state index in [-0.39, 0.29) is 18.4 Å². The van der Waals surface area contributed by atoms with E-state index in [9.17, 15) is 13.2 Å². The first-order valence-electron chi connectivity index (χ1n) is 5.45. The second kappa shape index (κ2) is 4.70. The lowest BCUT2D eigenvalue weighted by Crippen LogP contribution is -2.54. The van der Waals surface area contributed by atoms with Crippen LogP contribution in [0.1, 0.15) is 32.6 Å². The molecule has 1 aliphatic carbocycles. The number of hydrogen-bond donors (Lipinski definition) is 2. The minimum Gasteiger partial charge on any atom is -0.329 e. The van der Waals surface area contributed by atoms with Gasteiger partial charge in [-0.2, -0.15) is 13.2 Å². The Morgan fingerprint density at radius 3 is 2.20 bits per heavy atom. The van der Waals surface area contributed by atoms with Gasteiger partial charge in [0.05, 0.1) is 5.92 Å². The van der Waals surface area contributed by atoms with E-state index >= 15 is 0 Å².